The maximum Gasteiger partial charge on any atom is 0.320 e. The molecule has 0 radical (unpaired) electrons. The van der Waals surface area contributed by atoms with Crippen LogP contribution in [0.15, 0.2) is 36.8 Å². The number of hydrogen-bond donors (Lipinski definition) is 0. The molecule has 42 heavy (non-hydrogen) atoms. The minimum Gasteiger partial charge on any atom is -0.491 e. The Morgan fingerprint density at radius 3 is 2.67 bits per heavy atom. The summed E-state index contributed by atoms with van der Waals surface area (Å²) in [6.45, 7) is 8.24. The summed E-state index contributed by atoms with van der Waals surface area (Å²) in [6, 6.07) is 9.12. The fraction of sp³-hybridized carbons (Fsp3) is 0.548. The molecular weight excluding hydrogens is 532 g/mol. The number of nitrogens with zero attached hydrogens (tertiary/aromatic N) is 8. The van der Waals surface area contributed by atoms with Gasteiger partial charge in [0.25, 0.3) is 0 Å². The number of pyridine rings is 2. The molecule has 11 heteroatoms. The number of fused-ring (bicyclic) bond motifs is 3. The molecule has 2 amide bonds. The van der Waals surface area contributed by atoms with Gasteiger partial charge in [0.15, 0.2) is 0 Å². The van der Waals surface area contributed by atoms with Crippen molar-refractivity contribution in [2.45, 2.75) is 37.8 Å². The monoisotopic (exact) mass is 568 g/mol. The second-order valence-electron chi connectivity index (χ2n) is 12.6. The minimum absolute atomic E-state index is 0.244. The lowest BCUT2D eigenvalue weighted by molar-refractivity contribution is 0.0208. The molecule has 9 rings (SSSR count). The van der Waals surface area contributed by atoms with Crippen LogP contribution >= 0.6 is 0 Å². The van der Waals surface area contributed by atoms with Crippen LogP contribution < -0.4 is 9.64 Å². The van der Waals surface area contributed by atoms with Gasteiger partial charge < -0.3 is 24.2 Å². The molecule has 5 aliphatic heterocycles. The maximum atomic E-state index is 13.3. The van der Waals surface area contributed by atoms with Gasteiger partial charge in [-0.2, -0.15) is 10.4 Å². The Morgan fingerprint density at radius 2 is 1.95 bits per heavy atom. The average molecular weight is 569 g/mol. The van der Waals surface area contributed by atoms with E-state index in [1.165, 1.54) is 19.3 Å². The van der Waals surface area contributed by atoms with Gasteiger partial charge in [0.05, 0.1) is 48.8 Å². The van der Waals surface area contributed by atoms with Crippen molar-refractivity contribution in [1.29, 1.82) is 5.26 Å². The number of aromatic nitrogens is 3. The van der Waals surface area contributed by atoms with Crippen molar-refractivity contribution < 1.29 is 14.3 Å². The van der Waals surface area contributed by atoms with Crippen LogP contribution in [0.25, 0.3) is 16.6 Å². The van der Waals surface area contributed by atoms with Gasteiger partial charge in [-0.3, -0.25) is 4.90 Å². The van der Waals surface area contributed by atoms with Crippen molar-refractivity contribution in [3.8, 4) is 22.9 Å². The number of urea groups is 1. The lowest BCUT2D eigenvalue weighted by Gasteiger charge is -2.57. The number of carbonyl (C=O) groups excluding carboxylic acids is 1. The number of piperidine rings is 1. The predicted octanol–water partition coefficient (Wildman–Crippen LogP) is 2.85. The summed E-state index contributed by atoms with van der Waals surface area (Å²) < 4.78 is 13.3. The van der Waals surface area contributed by atoms with Crippen LogP contribution in [-0.4, -0.2) is 113 Å². The van der Waals surface area contributed by atoms with Crippen LogP contribution in [0.4, 0.5) is 10.6 Å². The number of likely N-dealkylation sites (tertiary alicyclic amines) is 1. The molecule has 0 N–H and O–H groups in total. The molecule has 11 nitrogen and oxygen atoms in total. The van der Waals surface area contributed by atoms with E-state index in [1.54, 1.807) is 10.7 Å². The molecule has 1 saturated carbocycles. The number of nitriles is 1. The van der Waals surface area contributed by atoms with Gasteiger partial charge in [-0.05, 0) is 49.3 Å². The first-order valence-corrected chi connectivity index (χ1v) is 15.2. The van der Waals surface area contributed by atoms with Gasteiger partial charge >= 0.3 is 6.03 Å². The molecule has 6 fully saturated rings. The number of piperazine rings is 1. The van der Waals surface area contributed by atoms with Crippen molar-refractivity contribution in [3.05, 3.63) is 42.4 Å². The number of amides is 2. The standard InChI is InChI=1S/C31H36N8O3/c32-15-23-17-34-38-20-26(42-12-9-35-7-10-41-11-8-35)14-27(29(23)38)22-1-2-28(33-16-22)37-18-24-13-25(19-37)39(24)30(40)36-6-5-31(21-36)3-4-31/h1-2,14,16-17,20,24-25H,3-13,18-19,21H2. The van der Waals surface area contributed by atoms with Gasteiger partial charge in [0.1, 0.15) is 24.2 Å². The fourth-order valence-corrected chi connectivity index (χ4v) is 7.28. The third-order valence-electron chi connectivity index (χ3n) is 9.95. The largest absolute Gasteiger partial charge is 0.491 e. The smallest absolute Gasteiger partial charge is 0.320 e. The van der Waals surface area contributed by atoms with Crippen molar-refractivity contribution in [3.63, 3.8) is 0 Å². The summed E-state index contributed by atoms with van der Waals surface area (Å²) in [6.07, 6.45) is 10.1. The Bertz CT molecular complexity index is 1530. The highest BCUT2D eigenvalue weighted by atomic mass is 16.5. The van der Waals surface area contributed by atoms with Gasteiger partial charge in [-0.15, -0.1) is 0 Å². The first-order valence-electron chi connectivity index (χ1n) is 15.2. The number of rotatable bonds is 6. The lowest BCUT2D eigenvalue weighted by atomic mass is 9.87. The molecule has 1 spiro atoms. The Morgan fingerprint density at radius 1 is 1.12 bits per heavy atom. The lowest BCUT2D eigenvalue weighted by Crippen LogP contribution is -2.72. The van der Waals surface area contributed by atoms with E-state index in [2.05, 4.69) is 42.9 Å². The Balaban J connectivity index is 0.968. The highest BCUT2D eigenvalue weighted by Crippen LogP contribution is 2.53. The van der Waals surface area contributed by atoms with E-state index in [4.69, 9.17) is 14.5 Å². The molecule has 3 aromatic rings. The zero-order valence-corrected chi connectivity index (χ0v) is 23.8. The second kappa shape index (κ2) is 10.1. The topological polar surface area (TPSA) is 102 Å². The molecule has 0 aromatic carbocycles. The Labute approximate surface area is 245 Å². The molecule has 2 bridgehead atoms. The van der Waals surface area contributed by atoms with Crippen LogP contribution in [0.1, 0.15) is 31.2 Å². The maximum absolute atomic E-state index is 13.3. The number of carbonyl (C=O) groups is 1. The van der Waals surface area contributed by atoms with E-state index >= 15 is 0 Å². The zero-order valence-electron chi connectivity index (χ0n) is 23.8. The first-order chi connectivity index (χ1) is 20.6. The van der Waals surface area contributed by atoms with E-state index in [0.717, 1.165) is 87.9 Å². The summed E-state index contributed by atoms with van der Waals surface area (Å²) in [5.41, 5.74) is 3.49. The van der Waals surface area contributed by atoms with Crippen molar-refractivity contribution in [1.82, 2.24) is 29.3 Å². The zero-order chi connectivity index (χ0) is 28.3. The highest BCUT2D eigenvalue weighted by molar-refractivity contribution is 5.85. The molecule has 3 aromatic heterocycles. The molecule has 8 heterocycles. The molecule has 218 valence electrons. The van der Waals surface area contributed by atoms with Crippen molar-refractivity contribution >= 4 is 17.4 Å². The van der Waals surface area contributed by atoms with Crippen LogP contribution in [-0.2, 0) is 4.74 Å². The molecule has 1 aliphatic carbocycles. The van der Waals surface area contributed by atoms with Gasteiger partial charge in [-0.25, -0.2) is 14.3 Å². The molecular formula is C31H36N8O3. The van der Waals surface area contributed by atoms with E-state index in [9.17, 15) is 10.1 Å². The summed E-state index contributed by atoms with van der Waals surface area (Å²) >= 11 is 0. The quantitative estimate of drug-likeness (QED) is 0.448. The van der Waals surface area contributed by atoms with E-state index < -0.39 is 0 Å². The minimum atomic E-state index is 0.244. The predicted molar refractivity (Wildman–Crippen MR) is 155 cm³/mol. The number of morpholine rings is 1. The van der Waals surface area contributed by atoms with E-state index in [-0.39, 0.29) is 18.1 Å². The second-order valence-corrected chi connectivity index (χ2v) is 12.6. The molecule has 2 atom stereocenters. The Kier molecular flexibility index (Phi) is 6.23. The summed E-state index contributed by atoms with van der Waals surface area (Å²) in [5.74, 6) is 1.62. The van der Waals surface area contributed by atoms with Crippen molar-refractivity contribution in [2.75, 3.05) is 70.5 Å². The average Bonchev–Trinajstić information content (AvgIpc) is 3.45. The molecule has 2 unspecified atom stereocenters. The fourth-order valence-electron chi connectivity index (χ4n) is 7.28. The van der Waals surface area contributed by atoms with Gasteiger partial charge in [0.2, 0.25) is 0 Å². The first kappa shape index (κ1) is 25.8. The summed E-state index contributed by atoms with van der Waals surface area (Å²) in [5, 5.41) is 14.2. The highest BCUT2D eigenvalue weighted by Gasteiger charge is 2.53. The van der Waals surface area contributed by atoms with E-state index in [1.807, 2.05) is 18.5 Å². The van der Waals surface area contributed by atoms with Gasteiger partial charge in [-0.1, -0.05) is 0 Å². The number of anilines is 1. The third-order valence-corrected chi connectivity index (χ3v) is 9.95. The number of hydrogen-bond acceptors (Lipinski definition) is 8. The normalized spacial score (nSPS) is 24.6. The van der Waals surface area contributed by atoms with Crippen LogP contribution in [0, 0.1) is 16.7 Å². The van der Waals surface area contributed by atoms with Crippen LogP contribution in [0.3, 0.4) is 0 Å². The molecule has 6 aliphatic rings. The summed E-state index contributed by atoms with van der Waals surface area (Å²) in [7, 11) is 0. The van der Waals surface area contributed by atoms with Crippen LogP contribution in [0.5, 0.6) is 5.75 Å². The summed E-state index contributed by atoms with van der Waals surface area (Å²) in [4.78, 5) is 27.0. The van der Waals surface area contributed by atoms with E-state index in [0.29, 0.717) is 23.3 Å². The Hall–Kier alpha value is -3.88. The number of ether oxygens (including phenoxy) is 2. The van der Waals surface area contributed by atoms with Gasteiger partial charge in [0, 0.05) is 63.1 Å². The van der Waals surface area contributed by atoms with Crippen molar-refractivity contribution in [2.24, 2.45) is 5.41 Å². The molecule has 5 saturated heterocycles. The third kappa shape index (κ3) is 4.53. The van der Waals surface area contributed by atoms with Crippen LogP contribution in [0.2, 0.25) is 0 Å². The SMILES string of the molecule is N#Cc1cnn2cc(OCCN3CCOCC3)cc(-c3ccc(N4CC5CC(C4)N5C(=O)N4CCC5(CC5)C4)nc3)c12.